The van der Waals surface area contributed by atoms with Gasteiger partial charge >= 0.3 is 0 Å². The average Bonchev–Trinajstić information content (AvgIpc) is 2.89. The van der Waals surface area contributed by atoms with E-state index in [1.54, 1.807) is 18.7 Å². The molecule has 2 heterocycles. The molecule has 1 unspecified atom stereocenters. The predicted octanol–water partition coefficient (Wildman–Crippen LogP) is 1.84. The monoisotopic (exact) mass is 311 g/mol. The summed E-state index contributed by atoms with van der Waals surface area (Å²) in [6.07, 6.45) is 1.37. The summed E-state index contributed by atoms with van der Waals surface area (Å²) in [4.78, 5) is 26.0. The van der Waals surface area contributed by atoms with Gasteiger partial charge in [0.25, 0.3) is 11.9 Å². The number of carbonyl (C=O) groups is 1. The molecule has 1 N–H and O–H groups in total. The van der Waals surface area contributed by atoms with Gasteiger partial charge in [0.15, 0.2) is 5.65 Å². The summed E-state index contributed by atoms with van der Waals surface area (Å²) < 4.78 is 1.57. The van der Waals surface area contributed by atoms with E-state index in [0.717, 1.165) is 5.56 Å². The Morgan fingerprint density at radius 1 is 1.22 bits per heavy atom. The van der Waals surface area contributed by atoms with Crippen LogP contribution in [0, 0.1) is 0 Å². The number of carbonyl (C=O) groups excluding carboxylic acids is 1. The third-order valence-corrected chi connectivity index (χ3v) is 3.68. The summed E-state index contributed by atoms with van der Waals surface area (Å²) in [6, 6.07) is 9.32. The van der Waals surface area contributed by atoms with E-state index in [2.05, 4.69) is 15.0 Å². The van der Waals surface area contributed by atoms with Crippen LogP contribution >= 0.6 is 0 Å². The van der Waals surface area contributed by atoms with Crippen LogP contribution in [0.3, 0.4) is 0 Å². The van der Waals surface area contributed by atoms with Gasteiger partial charge in [-0.3, -0.25) is 9.36 Å². The van der Waals surface area contributed by atoms with Gasteiger partial charge in [-0.1, -0.05) is 30.3 Å². The number of amides is 1. The Morgan fingerprint density at radius 2 is 1.91 bits per heavy atom. The van der Waals surface area contributed by atoms with Crippen LogP contribution in [0.1, 0.15) is 29.0 Å². The van der Waals surface area contributed by atoms with Crippen LogP contribution < -0.4 is 0 Å². The van der Waals surface area contributed by atoms with Crippen molar-refractivity contribution in [3.05, 3.63) is 47.8 Å². The van der Waals surface area contributed by atoms with E-state index in [0.29, 0.717) is 11.3 Å². The van der Waals surface area contributed by atoms with Crippen molar-refractivity contribution in [3.63, 3.8) is 0 Å². The van der Waals surface area contributed by atoms with Gasteiger partial charge < -0.3 is 10.0 Å². The second-order valence-electron chi connectivity index (χ2n) is 5.47. The Kier molecular flexibility index (Phi) is 3.69. The molecule has 3 aromatic rings. The lowest BCUT2D eigenvalue weighted by Gasteiger charge is -2.15. The molecule has 7 heteroatoms. The summed E-state index contributed by atoms with van der Waals surface area (Å²) in [5.74, 6) is -0.251. The number of benzene rings is 1. The molecule has 2 aromatic heterocycles. The van der Waals surface area contributed by atoms with Gasteiger partial charge in [-0.05, 0) is 12.5 Å². The van der Waals surface area contributed by atoms with Crippen molar-refractivity contribution < 1.29 is 9.90 Å². The summed E-state index contributed by atoms with van der Waals surface area (Å²) in [5, 5.41) is 10.2. The molecule has 0 aliphatic heterocycles. The summed E-state index contributed by atoms with van der Waals surface area (Å²) in [5.41, 5.74) is 1.89. The summed E-state index contributed by atoms with van der Waals surface area (Å²) in [6.45, 7) is 1.93. The molecule has 0 aliphatic rings. The Hall–Kier alpha value is -2.96. The van der Waals surface area contributed by atoms with E-state index in [1.165, 1.54) is 11.1 Å². The quantitative estimate of drug-likeness (QED) is 0.798. The van der Waals surface area contributed by atoms with Gasteiger partial charge in [0.05, 0.1) is 12.2 Å². The highest BCUT2D eigenvalue weighted by atomic mass is 16.3. The number of aromatic nitrogens is 4. The number of hydrogen-bond donors (Lipinski definition) is 1. The van der Waals surface area contributed by atoms with Crippen molar-refractivity contribution in [2.24, 2.45) is 0 Å². The molecule has 0 fully saturated rings. The second-order valence-corrected chi connectivity index (χ2v) is 5.47. The summed E-state index contributed by atoms with van der Waals surface area (Å²) in [7, 11) is 3.30. The number of aromatic hydroxyl groups is 1. The fourth-order valence-electron chi connectivity index (χ4n) is 2.43. The van der Waals surface area contributed by atoms with Crippen LogP contribution in [-0.4, -0.2) is 49.5 Å². The van der Waals surface area contributed by atoms with E-state index in [9.17, 15) is 9.90 Å². The van der Waals surface area contributed by atoms with Gasteiger partial charge in [0.1, 0.15) is 5.69 Å². The van der Waals surface area contributed by atoms with Crippen LogP contribution in [0.15, 0.2) is 36.5 Å². The van der Waals surface area contributed by atoms with E-state index in [-0.39, 0.29) is 23.7 Å². The highest BCUT2D eigenvalue weighted by molar-refractivity contribution is 5.93. The first-order valence-electron chi connectivity index (χ1n) is 7.19. The molecule has 0 bridgehead atoms. The number of imidazole rings is 1. The maximum atomic E-state index is 12.1. The van der Waals surface area contributed by atoms with Crippen molar-refractivity contribution in [2.75, 3.05) is 14.1 Å². The molecule has 23 heavy (non-hydrogen) atoms. The SMILES string of the molecule is CC(c1ccccc1)n1c(O)nc2ncc(C(=O)N(C)C)nc21. The number of hydrogen-bond acceptors (Lipinski definition) is 5. The van der Waals surface area contributed by atoms with E-state index >= 15 is 0 Å². The first-order valence-corrected chi connectivity index (χ1v) is 7.19. The Labute approximate surface area is 133 Å². The van der Waals surface area contributed by atoms with Crippen LogP contribution in [-0.2, 0) is 0 Å². The molecular weight excluding hydrogens is 294 g/mol. The third-order valence-electron chi connectivity index (χ3n) is 3.68. The van der Waals surface area contributed by atoms with Gasteiger partial charge in [-0.25, -0.2) is 9.97 Å². The van der Waals surface area contributed by atoms with E-state index in [4.69, 9.17) is 0 Å². The topological polar surface area (TPSA) is 84.1 Å². The molecular formula is C16H17N5O2. The lowest BCUT2D eigenvalue weighted by atomic mass is 10.1. The standard InChI is InChI=1S/C16H17N5O2/c1-10(11-7-5-4-6-8-11)21-14-13(19-16(21)23)17-9-12(18-14)15(22)20(2)3/h4-10H,1-3H3,(H,17,19,23). The molecule has 0 radical (unpaired) electrons. The lowest BCUT2D eigenvalue weighted by molar-refractivity contribution is 0.0822. The Balaban J connectivity index is 2.14. The van der Waals surface area contributed by atoms with E-state index < -0.39 is 0 Å². The fraction of sp³-hybridized carbons (Fsp3) is 0.250. The number of fused-ring (bicyclic) bond motifs is 1. The van der Waals surface area contributed by atoms with Crippen molar-refractivity contribution >= 4 is 17.2 Å². The van der Waals surface area contributed by atoms with Crippen molar-refractivity contribution in [2.45, 2.75) is 13.0 Å². The molecule has 3 rings (SSSR count). The van der Waals surface area contributed by atoms with Crippen molar-refractivity contribution in [1.29, 1.82) is 0 Å². The molecule has 0 saturated carbocycles. The molecule has 0 aliphatic carbocycles. The first kappa shape index (κ1) is 15.0. The van der Waals surface area contributed by atoms with Crippen LogP contribution in [0.5, 0.6) is 6.01 Å². The zero-order valence-electron chi connectivity index (χ0n) is 13.1. The molecule has 118 valence electrons. The maximum Gasteiger partial charge on any atom is 0.298 e. The highest BCUT2D eigenvalue weighted by Gasteiger charge is 2.21. The molecule has 7 nitrogen and oxygen atoms in total. The smallest absolute Gasteiger partial charge is 0.298 e. The first-order chi connectivity index (χ1) is 11.0. The molecule has 1 amide bonds. The molecule has 0 spiro atoms. The van der Waals surface area contributed by atoms with Gasteiger partial charge in [-0.15, -0.1) is 0 Å². The maximum absolute atomic E-state index is 12.1. The van der Waals surface area contributed by atoms with Crippen LogP contribution in [0.25, 0.3) is 11.3 Å². The number of rotatable bonds is 3. The third kappa shape index (κ3) is 2.61. The van der Waals surface area contributed by atoms with Crippen molar-refractivity contribution in [3.8, 4) is 6.01 Å². The van der Waals surface area contributed by atoms with Crippen LogP contribution in [0.2, 0.25) is 0 Å². The largest absolute Gasteiger partial charge is 0.480 e. The average molecular weight is 311 g/mol. The van der Waals surface area contributed by atoms with Gasteiger partial charge in [-0.2, -0.15) is 4.98 Å². The summed E-state index contributed by atoms with van der Waals surface area (Å²) >= 11 is 0. The highest BCUT2D eigenvalue weighted by Crippen LogP contribution is 2.27. The van der Waals surface area contributed by atoms with Gasteiger partial charge in [0, 0.05) is 14.1 Å². The molecule has 1 aromatic carbocycles. The van der Waals surface area contributed by atoms with Gasteiger partial charge in [0.2, 0.25) is 5.65 Å². The van der Waals surface area contributed by atoms with Crippen molar-refractivity contribution in [1.82, 2.24) is 24.4 Å². The Bertz CT molecular complexity index is 858. The minimum Gasteiger partial charge on any atom is -0.480 e. The second kappa shape index (κ2) is 5.68. The lowest BCUT2D eigenvalue weighted by Crippen LogP contribution is -2.23. The van der Waals surface area contributed by atoms with E-state index in [1.807, 2.05) is 37.3 Å². The molecule has 1 atom stereocenters. The predicted molar refractivity (Wildman–Crippen MR) is 85.3 cm³/mol. The zero-order chi connectivity index (χ0) is 16.6. The normalized spacial score (nSPS) is 12.3. The zero-order valence-corrected chi connectivity index (χ0v) is 13.1. The van der Waals surface area contributed by atoms with Crippen LogP contribution in [0.4, 0.5) is 0 Å². The minimum absolute atomic E-state index is 0.175. The number of nitrogens with zero attached hydrogens (tertiary/aromatic N) is 5. The fourth-order valence-corrected chi connectivity index (χ4v) is 2.43. The Morgan fingerprint density at radius 3 is 2.57 bits per heavy atom. The molecule has 0 saturated heterocycles. The minimum atomic E-state index is -0.251.